The monoisotopic (exact) mass is 223 g/mol. The zero-order valence-corrected chi connectivity index (χ0v) is 10.7. The van der Waals surface area contributed by atoms with Gasteiger partial charge in [-0.25, -0.2) is 4.98 Å². The highest BCUT2D eigenvalue weighted by Crippen LogP contribution is 2.15. The van der Waals surface area contributed by atoms with Gasteiger partial charge in [0.15, 0.2) is 0 Å². The van der Waals surface area contributed by atoms with Gasteiger partial charge in [-0.15, -0.1) is 0 Å². The summed E-state index contributed by atoms with van der Waals surface area (Å²) in [6.45, 7) is 11.3. The van der Waals surface area contributed by atoms with Gasteiger partial charge < -0.3 is 10.1 Å². The Hall–Kier alpha value is -1.32. The highest BCUT2D eigenvalue weighted by Gasteiger charge is 2.10. The zero-order chi connectivity index (χ0) is 12.2. The predicted molar refractivity (Wildman–Crippen MR) is 65.7 cm³/mol. The maximum Gasteiger partial charge on any atom is 0.225 e. The third-order valence-electron chi connectivity index (χ3n) is 1.76. The van der Waals surface area contributed by atoms with Gasteiger partial charge in [-0.2, -0.15) is 4.98 Å². The van der Waals surface area contributed by atoms with E-state index in [9.17, 15) is 0 Å². The average molecular weight is 223 g/mol. The summed E-state index contributed by atoms with van der Waals surface area (Å²) in [5.41, 5.74) is 0.207. The van der Waals surface area contributed by atoms with Crippen LogP contribution in [0.4, 0.5) is 5.95 Å². The van der Waals surface area contributed by atoms with Gasteiger partial charge in [-0.1, -0.05) is 20.8 Å². The normalized spacial score (nSPS) is 11.6. The second-order valence-corrected chi connectivity index (χ2v) is 5.30. The molecule has 0 aliphatic rings. The van der Waals surface area contributed by atoms with Crippen molar-refractivity contribution in [3.05, 3.63) is 12.3 Å². The lowest BCUT2D eigenvalue weighted by Gasteiger charge is -2.18. The predicted octanol–water partition coefficient (Wildman–Crippen LogP) is 2.72. The summed E-state index contributed by atoms with van der Waals surface area (Å²) in [5.74, 6) is 1.23. The molecule has 4 nitrogen and oxygen atoms in total. The van der Waals surface area contributed by atoms with Gasteiger partial charge in [0, 0.05) is 18.8 Å². The number of hydrogen-bond acceptors (Lipinski definition) is 4. The molecule has 0 radical (unpaired) electrons. The molecule has 1 aromatic heterocycles. The van der Waals surface area contributed by atoms with E-state index in [2.05, 4.69) is 36.1 Å². The Bertz CT molecular complexity index is 331. The highest BCUT2D eigenvalue weighted by atomic mass is 16.5. The first kappa shape index (κ1) is 12.7. The van der Waals surface area contributed by atoms with Gasteiger partial charge in [0.05, 0.1) is 6.10 Å². The van der Waals surface area contributed by atoms with E-state index in [1.165, 1.54) is 0 Å². The summed E-state index contributed by atoms with van der Waals surface area (Å²) < 4.78 is 5.50. The van der Waals surface area contributed by atoms with Crippen LogP contribution in [-0.4, -0.2) is 22.6 Å². The summed E-state index contributed by atoms with van der Waals surface area (Å²) in [4.78, 5) is 8.42. The van der Waals surface area contributed by atoms with Crippen LogP contribution < -0.4 is 10.1 Å². The van der Waals surface area contributed by atoms with Crippen molar-refractivity contribution in [2.75, 3.05) is 11.9 Å². The standard InChI is InChI=1S/C12H21N3O/c1-9(2)16-10-6-7-13-11(15-10)14-8-12(3,4)5/h6-7,9H,8H2,1-5H3,(H,13,14,15). The fraction of sp³-hybridized carbons (Fsp3) is 0.667. The fourth-order valence-electron chi connectivity index (χ4n) is 1.08. The number of hydrogen-bond donors (Lipinski definition) is 1. The summed E-state index contributed by atoms with van der Waals surface area (Å²) in [6, 6.07) is 1.77. The van der Waals surface area contributed by atoms with E-state index in [1.807, 2.05) is 13.8 Å². The molecule has 0 unspecified atom stereocenters. The Morgan fingerprint density at radius 1 is 1.38 bits per heavy atom. The Kier molecular flexibility index (Phi) is 4.10. The molecule has 0 atom stereocenters. The van der Waals surface area contributed by atoms with E-state index in [-0.39, 0.29) is 11.5 Å². The van der Waals surface area contributed by atoms with Crippen molar-refractivity contribution in [3.8, 4) is 5.88 Å². The lowest BCUT2D eigenvalue weighted by molar-refractivity contribution is 0.232. The second-order valence-electron chi connectivity index (χ2n) is 5.30. The van der Waals surface area contributed by atoms with Crippen molar-refractivity contribution in [3.63, 3.8) is 0 Å². The van der Waals surface area contributed by atoms with Gasteiger partial charge in [0.2, 0.25) is 11.8 Å². The maximum atomic E-state index is 5.50. The Morgan fingerprint density at radius 2 is 2.06 bits per heavy atom. The fourth-order valence-corrected chi connectivity index (χ4v) is 1.08. The summed E-state index contributed by atoms with van der Waals surface area (Å²) in [5, 5.41) is 3.20. The van der Waals surface area contributed by atoms with Crippen LogP contribution in [0.5, 0.6) is 5.88 Å². The van der Waals surface area contributed by atoms with Crippen molar-refractivity contribution < 1.29 is 4.74 Å². The Morgan fingerprint density at radius 3 is 2.62 bits per heavy atom. The number of nitrogens with zero attached hydrogens (tertiary/aromatic N) is 2. The molecule has 0 fully saturated rings. The Labute approximate surface area is 97.5 Å². The van der Waals surface area contributed by atoms with Crippen LogP contribution in [0.15, 0.2) is 12.3 Å². The third-order valence-corrected chi connectivity index (χ3v) is 1.76. The molecule has 1 heterocycles. The van der Waals surface area contributed by atoms with E-state index in [1.54, 1.807) is 12.3 Å². The van der Waals surface area contributed by atoms with Crippen molar-refractivity contribution in [1.29, 1.82) is 0 Å². The van der Waals surface area contributed by atoms with E-state index in [0.717, 1.165) is 6.54 Å². The van der Waals surface area contributed by atoms with Crippen LogP contribution in [0.25, 0.3) is 0 Å². The van der Waals surface area contributed by atoms with Crippen LogP contribution in [0.1, 0.15) is 34.6 Å². The van der Waals surface area contributed by atoms with E-state index in [0.29, 0.717) is 11.8 Å². The number of ether oxygens (including phenoxy) is 1. The maximum absolute atomic E-state index is 5.50. The molecule has 0 bridgehead atoms. The molecule has 0 amide bonds. The lowest BCUT2D eigenvalue weighted by Crippen LogP contribution is -2.20. The molecule has 0 saturated heterocycles. The molecule has 4 heteroatoms. The highest BCUT2D eigenvalue weighted by molar-refractivity contribution is 5.27. The van der Waals surface area contributed by atoms with E-state index >= 15 is 0 Å². The van der Waals surface area contributed by atoms with Crippen molar-refractivity contribution in [2.45, 2.75) is 40.7 Å². The summed E-state index contributed by atoms with van der Waals surface area (Å²) >= 11 is 0. The van der Waals surface area contributed by atoms with Crippen molar-refractivity contribution in [2.24, 2.45) is 5.41 Å². The molecule has 0 aromatic carbocycles. The van der Waals surface area contributed by atoms with Crippen LogP contribution >= 0.6 is 0 Å². The topological polar surface area (TPSA) is 47.0 Å². The van der Waals surface area contributed by atoms with Crippen LogP contribution in [0.3, 0.4) is 0 Å². The third kappa shape index (κ3) is 4.96. The quantitative estimate of drug-likeness (QED) is 0.852. The number of aromatic nitrogens is 2. The minimum Gasteiger partial charge on any atom is -0.475 e. The number of rotatable bonds is 4. The number of anilines is 1. The van der Waals surface area contributed by atoms with E-state index in [4.69, 9.17) is 4.74 Å². The first-order valence-electron chi connectivity index (χ1n) is 5.60. The molecule has 0 aliphatic heterocycles. The molecule has 0 spiro atoms. The molecule has 1 N–H and O–H groups in total. The second kappa shape index (κ2) is 5.14. The van der Waals surface area contributed by atoms with Crippen LogP contribution in [0, 0.1) is 5.41 Å². The average Bonchev–Trinajstić information content (AvgIpc) is 2.13. The minimum absolute atomic E-state index is 0.130. The summed E-state index contributed by atoms with van der Waals surface area (Å²) in [6.07, 6.45) is 1.83. The molecule has 16 heavy (non-hydrogen) atoms. The minimum atomic E-state index is 0.130. The van der Waals surface area contributed by atoms with Crippen molar-refractivity contribution in [1.82, 2.24) is 9.97 Å². The first-order valence-corrected chi connectivity index (χ1v) is 5.60. The Balaban J connectivity index is 2.60. The van der Waals surface area contributed by atoms with Crippen LogP contribution in [-0.2, 0) is 0 Å². The molecular weight excluding hydrogens is 202 g/mol. The smallest absolute Gasteiger partial charge is 0.225 e. The van der Waals surface area contributed by atoms with Crippen LogP contribution in [0.2, 0.25) is 0 Å². The molecule has 0 saturated carbocycles. The first-order chi connectivity index (χ1) is 7.37. The van der Waals surface area contributed by atoms with Gasteiger partial charge >= 0.3 is 0 Å². The molecule has 0 aliphatic carbocycles. The molecular formula is C12H21N3O. The molecule has 90 valence electrons. The lowest BCUT2D eigenvalue weighted by atomic mass is 9.97. The van der Waals surface area contributed by atoms with Gasteiger partial charge in [0.25, 0.3) is 0 Å². The zero-order valence-electron chi connectivity index (χ0n) is 10.7. The molecule has 1 aromatic rings. The van der Waals surface area contributed by atoms with E-state index < -0.39 is 0 Å². The largest absolute Gasteiger partial charge is 0.475 e. The van der Waals surface area contributed by atoms with Gasteiger partial charge in [0.1, 0.15) is 0 Å². The SMILES string of the molecule is CC(C)Oc1ccnc(NCC(C)(C)C)n1. The van der Waals surface area contributed by atoms with Gasteiger partial charge in [-0.3, -0.25) is 0 Å². The van der Waals surface area contributed by atoms with Gasteiger partial charge in [-0.05, 0) is 19.3 Å². The number of nitrogens with one attached hydrogen (secondary N) is 1. The van der Waals surface area contributed by atoms with Crippen molar-refractivity contribution >= 4 is 5.95 Å². The summed E-state index contributed by atoms with van der Waals surface area (Å²) in [7, 11) is 0. The molecule has 1 rings (SSSR count).